The maximum Gasteiger partial charge on any atom is 0.0997 e. The van der Waals surface area contributed by atoms with Gasteiger partial charge in [-0.3, -0.25) is 0 Å². The maximum absolute atomic E-state index is 4.58. The van der Waals surface area contributed by atoms with Gasteiger partial charge in [0, 0.05) is 12.2 Å². The maximum atomic E-state index is 4.58. The van der Waals surface area contributed by atoms with Crippen molar-refractivity contribution < 1.29 is 0 Å². The van der Waals surface area contributed by atoms with Crippen LogP contribution in [0.25, 0.3) is 5.69 Å². The molecule has 0 atom stereocenters. The molecule has 3 rings (SSSR count). The molecule has 94 valence electrons. The van der Waals surface area contributed by atoms with Crippen molar-refractivity contribution in [3.05, 3.63) is 47.5 Å². The van der Waals surface area contributed by atoms with Gasteiger partial charge < -0.3 is 9.88 Å². The standard InChI is InChI=1S/C15H19N3/c1-16-10-12-6-2-4-8-14(12)18-11-17-13-7-3-5-9-15(13)18/h2,4,6,8,11,16H,3,5,7,9-10H2,1H3. The molecule has 0 saturated heterocycles. The first kappa shape index (κ1) is 11.5. The van der Waals surface area contributed by atoms with E-state index < -0.39 is 0 Å². The number of rotatable bonds is 3. The number of aromatic nitrogens is 2. The first-order chi connectivity index (χ1) is 8.90. The number of nitrogens with zero attached hydrogens (tertiary/aromatic N) is 2. The van der Waals surface area contributed by atoms with Crippen molar-refractivity contribution in [1.29, 1.82) is 0 Å². The summed E-state index contributed by atoms with van der Waals surface area (Å²) < 4.78 is 2.28. The minimum Gasteiger partial charge on any atom is -0.316 e. The monoisotopic (exact) mass is 241 g/mol. The lowest BCUT2D eigenvalue weighted by Crippen LogP contribution is -2.11. The summed E-state index contributed by atoms with van der Waals surface area (Å²) in [5.74, 6) is 0. The fourth-order valence-electron chi connectivity index (χ4n) is 2.76. The predicted molar refractivity (Wildman–Crippen MR) is 73.0 cm³/mol. The molecular formula is C15H19N3. The molecule has 0 aliphatic heterocycles. The summed E-state index contributed by atoms with van der Waals surface area (Å²) in [5.41, 5.74) is 5.29. The van der Waals surface area contributed by atoms with E-state index in [2.05, 4.69) is 39.1 Å². The molecule has 0 spiro atoms. The Hall–Kier alpha value is -1.61. The fraction of sp³-hybridized carbons (Fsp3) is 0.400. The van der Waals surface area contributed by atoms with Crippen molar-refractivity contribution in [3.63, 3.8) is 0 Å². The number of para-hydroxylation sites is 1. The van der Waals surface area contributed by atoms with E-state index in [-0.39, 0.29) is 0 Å². The molecule has 1 N–H and O–H groups in total. The van der Waals surface area contributed by atoms with Gasteiger partial charge in [-0.1, -0.05) is 18.2 Å². The van der Waals surface area contributed by atoms with Crippen molar-refractivity contribution >= 4 is 0 Å². The SMILES string of the molecule is CNCc1ccccc1-n1cnc2c1CCCC2. The molecule has 0 fully saturated rings. The van der Waals surface area contributed by atoms with Gasteiger partial charge >= 0.3 is 0 Å². The number of imidazole rings is 1. The Labute approximate surface area is 108 Å². The fourth-order valence-corrected chi connectivity index (χ4v) is 2.76. The molecule has 1 aromatic heterocycles. The lowest BCUT2D eigenvalue weighted by atomic mass is 10.0. The van der Waals surface area contributed by atoms with Crippen LogP contribution >= 0.6 is 0 Å². The Bertz CT molecular complexity index is 542. The number of hydrogen-bond donors (Lipinski definition) is 1. The second-order valence-corrected chi connectivity index (χ2v) is 4.87. The summed E-state index contributed by atoms with van der Waals surface area (Å²) in [7, 11) is 1.99. The minimum absolute atomic E-state index is 0.892. The van der Waals surface area contributed by atoms with Gasteiger partial charge in [-0.25, -0.2) is 4.98 Å². The van der Waals surface area contributed by atoms with Gasteiger partial charge in [-0.15, -0.1) is 0 Å². The number of nitrogens with one attached hydrogen (secondary N) is 1. The van der Waals surface area contributed by atoms with Gasteiger partial charge in [0.1, 0.15) is 0 Å². The van der Waals surface area contributed by atoms with E-state index in [0.717, 1.165) is 19.4 Å². The van der Waals surface area contributed by atoms with Gasteiger partial charge in [0.05, 0.1) is 17.7 Å². The smallest absolute Gasteiger partial charge is 0.0997 e. The van der Waals surface area contributed by atoms with Gasteiger partial charge in [0.15, 0.2) is 0 Å². The predicted octanol–water partition coefficient (Wildman–Crippen LogP) is 2.47. The molecule has 1 aromatic carbocycles. The second kappa shape index (κ2) is 4.94. The summed E-state index contributed by atoms with van der Waals surface area (Å²) in [6, 6.07) is 8.56. The third-order valence-corrected chi connectivity index (χ3v) is 3.65. The highest BCUT2D eigenvalue weighted by atomic mass is 15.1. The third-order valence-electron chi connectivity index (χ3n) is 3.65. The zero-order valence-corrected chi connectivity index (χ0v) is 10.8. The van der Waals surface area contributed by atoms with Crippen LogP contribution in [-0.4, -0.2) is 16.6 Å². The van der Waals surface area contributed by atoms with E-state index in [0.29, 0.717) is 0 Å². The largest absolute Gasteiger partial charge is 0.316 e. The molecule has 3 nitrogen and oxygen atoms in total. The molecule has 1 aliphatic carbocycles. The molecule has 2 aromatic rings. The van der Waals surface area contributed by atoms with Crippen LogP contribution in [0.3, 0.4) is 0 Å². The number of hydrogen-bond acceptors (Lipinski definition) is 2. The molecule has 3 heteroatoms. The van der Waals surface area contributed by atoms with E-state index in [1.54, 1.807) is 0 Å². The van der Waals surface area contributed by atoms with Gasteiger partial charge in [-0.05, 0) is 44.4 Å². The lowest BCUT2D eigenvalue weighted by Gasteiger charge is -2.16. The summed E-state index contributed by atoms with van der Waals surface area (Å²) in [4.78, 5) is 4.58. The van der Waals surface area contributed by atoms with E-state index in [4.69, 9.17) is 0 Å². The van der Waals surface area contributed by atoms with Crippen LogP contribution in [0.1, 0.15) is 29.8 Å². The highest BCUT2D eigenvalue weighted by molar-refractivity contribution is 5.43. The zero-order valence-electron chi connectivity index (χ0n) is 10.8. The normalized spacial score (nSPS) is 14.5. The quantitative estimate of drug-likeness (QED) is 0.894. The van der Waals surface area contributed by atoms with Crippen molar-refractivity contribution in [3.8, 4) is 5.69 Å². The first-order valence-corrected chi connectivity index (χ1v) is 6.68. The van der Waals surface area contributed by atoms with E-state index in [9.17, 15) is 0 Å². The summed E-state index contributed by atoms with van der Waals surface area (Å²) >= 11 is 0. The van der Waals surface area contributed by atoms with Crippen LogP contribution in [0.4, 0.5) is 0 Å². The topological polar surface area (TPSA) is 29.9 Å². The van der Waals surface area contributed by atoms with Crippen LogP contribution in [-0.2, 0) is 19.4 Å². The molecular weight excluding hydrogens is 222 g/mol. The van der Waals surface area contributed by atoms with Crippen LogP contribution in [0.2, 0.25) is 0 Å². The van der Waals surface area contributed by atoms with Crippen molar-refractivity contribution in [2.45, 2.75) is 32.2 Å². The Kier molecular flexibility index (Phi) is 3.15. The number of benzene rings is 1. The first-order valence-electron chi connectivity index (χ1n) is 6.68. The van der Waals surface area contributed by atoms with E-state index >= 15 is 0 Å². The van der Waals surface area contributed by atoms with Gasteiger partial charge in [0.2, 0.25) is 0 Å². The lowest BCUT2D eigenvalue weighted by molar-refractivity contribution is 0.654. The van der Waals surface area contributed by atoms with Crippen LogP contribution in [0.15, 0.2) is 30.6 Å². The van der Waals surface area contributed by atoms with Gasteiger partial charge in [-0.2, -0.15) is 0 Å². The Morgan fingerprint density at radius 1 is 1.22 bits per heavy atom. The van der Waals surface area contributed by atoms with E-state index in [1.807, 2.05) is 13.4 Å². The molecule has 0 saturated carbocycles. The highest BCUT2D eigenvalue weighted by Crippen LogP contribution is 2.24. The summed E-state index contributed by atoms with van der Waals surface area (Å²) in [5, 5.41) is 3.23. The average molecular weight is 241 g/mol. The highest BCUT2D eigenvalue weighted by Gasteiger charge is 2.17. The Balaban J connectivity index is 2.07. The molecule has 0 bridgehead atoms. The Morgan fingerprint density at radius 2 is 2.06 bits per heavy atom. The molecule has 18 heavy (non-hydrogen) atoms. The van der Waals surface area contributed by atoms with Crippen molar-refractivity contribution in [2.24, 2.45) is 0 Å². The molecule has 0 radical (unpaired) electrons. The van der Waals surface area contributed by atoms with Crippen molar-refractivity contribution in [2.75, 3.05) is 7.05 Å². The molecule has 1 heterocycles. The van der Waals surface area contributed by atoms with Crippen LogP contribution in [0.5, 0.6) is 0 Å². The van der Waals surface area contributed by atoms with Crippen molar-refractivity contribution in [1.82, 2.24) is 14.9 Å². The summed E-state index contributed by atoms with van der Waals surface area (Å²) in [6.07, 6.45) is 6.85. The second-order valence-electron chi connectivity index (χ2n) is 4.87. The number of aryl methyl sites for hydroxylation is 1. The van der Waals surface area contributed by atoms with Crippen LogP contribution < -0.4 is 5.32 Å². The molecule has 0 amide bonds. The minimum atomic E-state index is 0.892. The van der Waals surface area contributed by atoms with Gasteiger partial charge in [0.25, 0.3) is 0 Å². The zero-order chi connectivity index (χ0) is 12.4. The average Bonchev–Trinajstić information content (AvgIpc) is 2.84. The van der Waals surface area contributed by atoms with E-state index in [1.165, 1.54) is 35.5 Å². The van der Waals surface area contributed by atoms with Crippen LogP contribution in [0, 0.1) is 0 Å². The third kappa shape index (κ3) is 1.95. The number of fused-ring (bicyclic) bond motifs is 1. The summed E-state index contributed by atoms with van der Waals surface area (Å²) in [6.45, 7) is 0.892. The Morgan fingerprint density at radius 3 is 2.94 bits per heavy atom. The molecule has 1 aliphatic rings. The molecule has 0 unspecified atom stereocenters.